The van der Waals surface area contributed by atoms with Gasteiger partial charge in [-0.15, -0.1) is 24.0 Å². The molecule has 0 aromatic heterocycles. The Morgan fingerprint density at radius 1 is 1.19 bits per heavy atom. The van der Waals surface area contributed by atoms with E-state index in [9.17, 15) is 4.39 Å². The summed E-state index contributed by atoms with van der Waals surface area (Å²) in [7, 11) is 1.86. The first-order valence-corrected chi connectivity index (χ1v) is 10.2. The van der Waals surface area contributed by atoms with E-state index in [2.05, 4.69) is 20.1 Å². The van der Waals surface area contributed by atoms with Crippen molar-refractivity contribution in [1.29, 1.82) is 0 Å². The molecule has 1 aliphatic carbocycles. The van der Waals surface area contributed by atoms with E-state index in [0.717, 1.165) is 37.0 Å². The monoisotopic (exact) mass is 486 g/mol. The number of hydrogen-bond acceptors (Lipinski definition) is 2. The molecule has 150 valence electrons. The maximum Gasteiger partial charge on any atom is 0.193 e. The van der Waals surface area contributed by atoms with Gasteiger partial charge in [-0.25, -0.2) is 4.39 Å². The Labute approximate surface area is 179 Å². The second-order valence-corrected chi connectivity index (χ2v) is 8.12. The largest absolute Gasteiger partial charge is 0.353 e. The minimum atomic E-state index is -0.0837. The number of benzene rings is 1. The number of likely N-dealkylation sites (tertiary alicyclic amines) is 2. The van der Waals surface area contributed by atoms with Gasteiger partial charge in [-0.05, 0) is 56.3 Å². The van der Waals surface area contributed by atoms with E-state index in [4.69, 9.17) is 0 Å². The molecule has 1 aromatic rings. The van der Waals surface area contributed by atoms with Gasteiger partial charge in [-0.3, -0.25) is 4.99 Å². The molecule has 1 N–H and O–H groups in total. The van der Waals surface area contributed by atoms with Gasteiger partial charge >= 0.3 is 0 Å². The zero-order valence-corrected chi connectivity index (χ0v) is 18.6. The van der Waals surface area contributed by atoms with Gasteiger partial charge in [0.05, 0.1) is 0 Å². The number of halogens is 2. The number of nitrogens with zero attached hydrogens (tertiary/aromatic N) is 3. The number of piperidine rings is 1. The lowest BCUT2D eigenvalue weighted by atomic mass is 10.1. The molecule has 3 fully saturated rings. The normalized spacial score (nSPS) is 28.7. The molecule has 4 nitrogen and oxygen atoms in total. The number of aliphatic imine (C=N–C) groups is 1. The average Bonchev–Trinajstić information content (AvgIpc) is 3.28. The third-order valence-corrected chi connectivity index (χ3v) is 6.17. The van der Waals surface area contributed by atoms with Gasteiger partial charge in [0.15, 0.2) is 5.96 Å². The second kappa shape index (κ2) is 9.54. The molecule has 1 saturated carbocycles. The fourth-order valence-corrected chi connectivity index (χ4v) is 4.62. The fraction of sp³-hybridized carbons (Fsp3) is 0.667. The summed E-state index contributed by atoms with van der Waals surface area (Å²) >= 11 is 0. The highest BCUT2D eigenvalue weighted by Gasteiger charge is 2.41. The summed E-state index contributed by atoms with van der Waals surface area (Å²) in [6.45, 7) is 5.95. The van der Waals surface area contributed by atoms with Crippen LogP contribution in [-0.2, 0) is 0 Å². The van der Waals surface area contributed by atoms with Crippen molar-refractivity contribution in [2.24, 2.45) is 10.9 Å². The molecule has 3 unspecified atom stereocenters. The fourth-order valence-electron chi connectivity index (χ4n) is 4.62. The molecule has 27 heavy (non-hydrogen) atoms. The quantitative estimate of drug-likeness (QED) is 0.400. The Bertz CT molecular complexity index is 647. The maximum absolute atomic E-state index is 14.0. The summed E-state index contributed by atoms with van der Waals surface area (Å²) in [6.07, 6.45) is 6.36. The molecule has 3 aliphatic rings. The Morgan fingerprint density at radius 2 is 1.96 bits per heavy atom. The summed E-state index contributed by atoms with van der Waals surface area (Å²) in [5.74, 6) is 1.93. The van der Waals surface area contributed by atoms with Crippen LogP contribution < -0.4 is 5.32 Å². The highest BCUT2D eigenvalue weighted by Crippen LogP contribution is 2.42. The number of hydrogen-bond donors (Lipinski definition) is 1. The Hall–Kier alpha value is -0.890. The van der Waals surface area contributed by atoms with Crippen molar-refractivity contribution < 1.29 is 4.39 Å². The number of guanidine groups is 1. The van der Waals surface area contributed by atoms with Crippen LogP contribution >= 0.6 is 24.0 Å². The van der Waals surface area contributed by atoms with Gasteiger partial charge in [-0.1, -0.05) is 24.6 Å². The number of nitrogens with one attached hydrogen (secondary N) is 1. The predicted molar refractivity (Wildman–Crippen MR) is 119 cm³/mol. The van der Waals surface area contributed by atoms with Crippen molar-refractivity contribution in [1.82, 2.24) is 15.1 Å². The standard InChI is InChI=1S/C21H31FN4.HI/c1-23-21(24-20-13-18(20)17-7-3-4-8-19(17)22)26-12-9-16(15-26)14-25-10-5-2-6-11-25;/h3-4,7-8,16,18,20H,2,5-6,9-15H2,1H3,(H,23,24);1H. The predicted octanol–water partition coefficient (Wildman–Crippen LogP) is 3.68. The lowest BCUT2D eigenvalue weighted by Gasteiger charge is -2.29. The lowest BCUT2D eigenvalue weighted by molar-refractivity contribution is 0.198. The molecule has 0 bridgehead atoms. The van der Waals surface area contributed by atoms with Gasteiger partial charge < -0.3 is 15.1 Å². The molecule has 0 radical (unpaired) electrons. The van der Waals surface area contributed by atoms with Crippen molar-refractivity contribution >= 4 is 29.9 Å². The zero-order chi connectivity index (χ0) is 17.9. The van der Waals surface area contributed by atoms with Gasteiger partial charge in [0.2, 0.25) is 0 Å². The van der Waals surface area contributed by atoms with Crippen LogP contribution in [0.15, 0.2) is 29.3 Å². The number of rotatable bonds is 4. The van der Waals surface area contributed by atoms with E-state index >= 15 is 0 Å². The van der Waals surface area contributed by atoms with Crippen LogP contribution in [0.3, 0.4) is 0 Å². The molecule has 1 aromatic carbocycles. The Balaban J connectivity index is 0.00000210. The van der Waals surface area contributed by atoms with E-state index in [0.29, 0.717) is 6.04 Å². The van der Waals surface area contributed by atoms with Crippen LogP contribution in [0.5, 0.6) is 0 Å². The van der Waals surface area contributed by atoms with Crippen molar-refractivity contribution in [3.05, 3.63) is 35.6 Å². The summed E-state index contributed by atoms with van der Waals surface area (Å²) < 4.78 is 14.0. The third-order valence-electron chi connectivity index (χ3n) is 6.17. The van der Waals surface area contributed by atoms with Crippen LogP contribution in [-0.4, -0.2) is 61.6 Å². The van der Waals surface area contributed by atoms with Crippen LogP contribution in [0.1, 0.15) is 43.6 Å². The average molecular weight is 486 g/mol. The molecular weight excluding hydrogens is 454 g/mol. The molecule has 0 amide bonds. The molecule has 0 spiro atoms. The van der Waals surface area contributed by atoms with Crippen molar-refractivity contribution in [2.45, 2.75) is 44.1 Å². The second-order valence-electron chi connectivity index (χ2n) is 8.12. The molecule has 3 atom stereocenters. The topological polar surface area (TPSA) is 30.9 Å². The SMILES string of the molecule is CN=C(NC1CC1c1ccccc1F)N1CCC(CN2CCCCC2)C1.I. The van der Waals surface area contributed by atoms with Crippen molar-refractivity contribution in [2.75, 3.05) is 39.8 Å². The van der Waals surface area contributed by atoms with E-state index in [1.807, 2.05) is 19.2 Å². The summed E-state index contributed by atoms with van der Waals surface area (Å²) in [5, 5.41) is 3.58. The van der Waals surface area contributed by atoms with Crippen LogP contribution in [0, 0.1) is 11.7 Å². The Kier molecular flexibility index (Phi) is 7.36. The summed E-state index contributed by atoms with van der Waals surface area (Å²) in [6, 6.07) is 7.47. The van der Waals surface area contributed by atoms with Crippen molar-refractivity contribution in [3.63, 3.8) is 0 Å². The maximum atomic E-state index is 14.0. The molecule has 4 rings (SSSR count). The van der Waals surface area contributed by atoms with Crippen LogP contribution in [0.2, 0.25) is 0 Å². The summed E-state index contributed by atoms with van der Waals surface area (Å²) in [5.41, 5.74) is 0.838. The van der Waals surface area contributed by atoms with Gasteiger partial charge in [0.25, 0.3) is 0 Å². The molecule has 2 heterocycles. The van der Waals surface area contributed by atoms with E-state index in [-0.39, 0.29) is 35.7 Å². The smallest absolute Gasteiger partial charge is 0.193 e. The first-order chi connectivity index (χ1) is 12.7. The van der Waals surface area contributed by atoms with Gasteiger partial charge in [0.1, 0.15) is 5.82 Å². The van der Waals surface area contributed by atoms with Crippen LogP contribution in [0.25, 0.3) is 0 Å². The van der Waals surface area contributed by atoms with Gasteiger partial charge in [0, 0.05) is 38.6 Å². The third kappa shape index (κ3) is 5.13. The molecule has 6 heteroatoms. The first-order valence-electron chi connectivity index (χ1n) is 10.2. The van der Waals surface area contributed by atoms with Gasteiger partial charge in [-0.2, -0.15) is 0 Å². The van der Waals surface area contributed by atoms with Crippen molar-refractivity contribution in [3.8, 4) is 0 Å². The first kappa shape index (κ1) is 20.8. The minimum Gasteiger partial charge on any atom is -0.353 e. The van der Waals surface area contributed by atoms with E-state index in [1.165, 1.54) is 45.3 Å². The molecule has 2 aliphatic heterocycles. The highest BCUT2D eigenvalue weighted by molar-refractivity contribution is 14.0. The lowest BCUT2D eigenvalue weighted by Crippen LogP contribution is -2.42. The minimum absolute atomic E-state index is 0. The Morgan fingerprint density at radius 3 is 2.70 bits per heavy atom. The molecular formula is C21H32FIN4. The van der Waals surface area contributed by atoms with E-state index < -0.39 is 0 Å². The highest BCUT2D eigenvalue weighted by atomic mass is 127. The molecule has 2 saturated heterocycles. The van der Waals surface area contributed by atoms with Crippen LogP contribution in [0.4, 0.5) is 4.39 Å². The zero-order valence-electron chi connectivity index (χ0n) is 16.2. The summed E-state index contributed by atoms with van der Waals surface area (Å²) in [4.78, 5) is 9.54. The van der Waals surface area contributed by atoms with E-state index in [1.54, 1.807) is 12.1 Å².